The first-order chi connectivity index (χ1) is 16.0. The van der Waals surface area contributed by atoms with Crippen LogP contribution in [0.3, 0.4) is 0 Å². The van der Waals surface area contributed by atoms with E-state index in [4.69, 9.17) is 14.2 Å². The predicted octanol–water partition coefficient (Wildman–Crippen LogP) is 3.62. The minimum Gasteiger partial charge on any atom is -0.495 e. The molecule has 0 spiro atoms. The van der Waals surface area contributed by atoms with Gasteiger partial charge in [-0.2, -0.15) is 5.10 Å². The van der Waals surface area contributed by atoms with E-state index >= 15 is 0 Å². The van der Waals surface area contributed by atoms with Crippen molar-refractivity contribution in [3.8, 4) is 17.2 Å². The van der Waals surface area contributed by atoms with Crippen LogP contribution in [0.15, 0.2) is 71.8 Å². The summed E-state index contributed by atoms with van der Waals surface area (Å²) >= 11 is 0. The molecule has 0 saturated heterocycles. The predicted molar refractivity (Wildman–Crippen MR) is 122 cm³/mol. The number of benzene rings is 3. The average molecular weight is 451 g/mol. The summed E-state index contributed by atoms with van der Waals surface area (Å²) in [6.45, 7) is -0.241. The molecule has 0 heterocycles. The van der Waals surface area contributed by atoms with E-state index in [-0.39, 0.29) is 18.1 Å². The quantitative estimate of drug-likeness (QED) is 0.383. The number of carbonyl (C=O) groups excluding carboxylic acids is 2. The molecular formula is C24H22FN3O5. The minimum atomic E-state index is -0.473. The summed E-state index contributed by atoms with van der Waals surface area (Å²) in [5.74, 6) is 0.0179. The molecule has 8 nitrogen and oxygen atoms in total. The number of amides is 2. The third-order valence-electron chi connectivity index (χ3n) is 4.41. The Kier molecular flexibility index (Phi) is 7.96. The zero-order valence-electron chi connectivity index (χ0n) is 18.0. The first kappa shape index (κ1) is 23.3. The van der Waals surface area contributed by atoms with Gasteiger partial charge in [0.1, 0.15) is 11.6 Å². The lowest BCUT2D eigenvalue weighted by molar-refractivity contribution is -0.118. The van der Waals surface area contributed by atoms with Gasteiger partial charge in [-0.15, -0.1) is 0 Å². The minimum absolute atomic E-state index is 0.241. The Morgan fingerprint density at radius 2 is 1.67 bits per heavy atom. The molecule has 0 saturated carbocycles. The highest BCUT2D eigenvalue weighted by Gasteiger charge is 2.11. The Morgan fingerprint density at radius 3 is 2.39 bits per heavy atom. The van der Waals surface area contributed by atoms with Crippen molar-refractivity contribution >= 4 is 23.7 Å². The molecule has 0 radical (unpaired) electrons. The van der Waals surface area contributed by atoms with Gasteiger partial charge in [0.2, 0.25) is 0 Å². The molecule has 3 aromatic rings. The highest BCUT2D eigenvalue weighted by atomic mass is 19.1. The number of hydrazone groups is 1. The normalized spacial score (nSPS) is 10.5. The van der Waals surface area contributed by atoms with Gasteiger partial charge in [-0.25, -0.2) is 9.82 Å². The molecule has 0 aliphatic heterocycles. The number of nitrogens with one attached hydrogen (secondary N) is 2. The number of hydrogen-bond acceptors (Lipinski definition) is 6. The van der Waals surface area contributed by atoms with Gasteiger partial charge in [0, 0.05) is 5.56 Å². The van der Waals surface area contributed by atoms with E-state index in [1.54, 1.807) is 42.5 Å². The first-order valence-electron chi connectivity index (χ1n) is 9.83. The standard InChI is InChI=1S/C24H22FN3O5/c1-31-20-6-4-3-5-19(20)27-23(29)15-33-21-12-7-16(13-22(21)32-2)14-26-28-24(30)17-8-10-18(25)11-9-17/h3-14H,15H2,1-2H3,(H,27,29)(H,28,30)/b26-14-. The fourth-order valence-corrected chi connectivity index (χ4v) is 2.79. The molecular weight excluding hydrogens is 429 g/mol. The number of ether oxygens (including phenoxy) is 3. The van der Waals surface area contributed by atoms with E-state index < -0.39 is 11.7 Å². The Bertz CT molecular complexity index is 1150. The number of rotatable bonds is 9. The van der Waals surface area contributed by atoms with Crippen LogP contribution in [0.1, 0.15) is 15.9 Å². The van der Waals surface area contributed by atoms with E-state index in [9.17, 15) is 14.0 Å². The lowest BCUT2D eigenvalue weighted by Gasteiger charge is -2.12. The topological polar surface area (TPSA) is 98.3 Å². The average Bonchev–Trinajstić information content (AvgIpc) is 2.83. The Morgan fingerprint density at radius 1 is 0.939 bits per heavy atom. The van der Waals surface area contributed by atoms with E-state index in [0.29, 0.717) is 28.5 Å². The van der Waals surface area contributed by atoms with Crippen LogP contribution in [0.25, 0.3) is 0 Å². The number of nitrogens with zero attached hydrogens (tertiary/aromatic N) is 1. The van der Waals surface area contributed by atoms with Crippen molar-refractivity contribution in [3.63, 3.8) is 0 Å². The van der Waals surface area contributed by atoms with E-state index in [2.05, 4.69) is 15.8 Å². The third kappa shape index (κ3) is 6.54. The maximum absolute atomic E-state index is 12.9. The fourth-order valence-electron chi connectivity index (χ4n) is 2.79. The van der Waals surface area contributed by atoms with Crippen molar-refractivity contribution in [3.05, 3.63) is 83.7 Å². The van der Waals surface area contributed by atoms with E-state index in [0.717, 1.165) is 0 Å². The summed E-state index contributed by atoms with van der Waals surface area (Å²) < 4.78 is 29.0. The lowest BCUT2D eigenvalue weighted by atomic mass is 10.2. The van der Waals surface area contributed by atoms with Crippen molar-refractivity contribution in [2.24, 2.45) is 5.10 Å². The molecule has 0 aromatic heterocycles. The summed E-state index contributed by atoms with van der Waals surface area (Å²) in [6, 6.07) is 17.1. The van der Waals surface area contributed by atoms with E-state index in [1.807, 2.05) is 0 Å². The maximum atomic E-state index is 12.9. The molecule has 0 atom stereocenters. The van der Waals surface area contributed by atoms with Crippen LogP contribution < -0.4 is 25.0 Å². The van der Waals surface area contributed by atoms with Gasteiger partial charge in [-0.3, -0.25) is 9.59 Å². The molecule has 3 rings (SSSR count). The van der Waals surface area contributed by atoms with Gasteiger partial charge in [0.15, 0.2) is 18.1 Å². The number of methoxy groups -OCH3 is 2. The molecule has 0 fully saturated rings. The molecule has 0 unspecified atom stereocenters. The van der Waals surface area contributed by atoms with Crippen molar-refractivity contribution in [1.82, 2.24) is 5.43 Å². The summed E-state index contributed by atoms with van der Waals surface area (Å²) in [5, 5.41) is 6.62. The smallest absolute Gasteiger partial charge is 0.271 e. The van der Waals surface area contributed by atoms with Gasteiger partial charge in [-0.1, -0.05) is 12.1 Å². The van der Waals surface area contributed by atoms with Crippen LogP contribution in [0.2, 0.25) is 0 Å². The van der Waals surface area contributed by atoms with Crippen LogP contribution in [0.5, 0.6) is 17.2 Å². The SMILES string of the molecule is COc1ccccc1NC(=O)COc1ccc(/C=N\NC(=O)c2ccc(F)cc2)cc1OC. The number of para-hydroxylation sites is 2. The van der Waals surface area contributed by atoms with Crippen LogP contribution in [-0.2, 0) is 4.79 Å². The van der Waals surface area contributed by atoms with Crippen LogP contribution in [0.4, 0.5) is 10.1 Å². The van der Waals surface area contributed by atoms with Gasteiger partial charge in [-0.05, 0) is 60.2 Å². The molecule has 9 heteroatoms. The molecule has 0 bridgehead atoms. The molecule has 0 aliphatic rings. The van der Waals surface area contributed by atoms with Gasteiger partial charge >= 0.3 is 0 Å². The van der Waals surface area contributed by atoms with Crippen LogP contribution in [0, 0.1) is 5.82 Å². The Balaban J connectivity index is 1.57. The second kappa shape index (κ2) is 11.3. The second-order valence-electron chi connectivity index (χ2n) is 6.65. The third-order valence-corrected chi connectivity index (χ3v) is 4.41. The lowest BCUT2D eigenvalue weighted by Crippen LogP contribution is -2.20. The second-order valence-corrected chi connectivity index (χ2v) is 6.65. The van der Waals surface area contributed by atoms with Gasteiger partial charge in [0.25, 0.3) is 11.8 Å². The van der Waals surface area contributed by atoms with E-state index in [1.165, 1.54) is 44.7 Å². The van der Waals surface area contributed by atoms with Crippen LogP contribution >= 0.6 is 0 Å². The molecule has 170 valence electrons. The van der Waals surface area contributed by atoms with Crippen molar-refractivity contribution in [2.45, 2.75) is 0 Å². The maximum Gasteiger partial charge on any atom is 0.271 e. The molecule has 3 aromatic carbocycles. The zero-order chi connectivity index (χ0) is 23.6. The first-order valence-corrected chi connectivity index (χ1v) is 9.83. The molecule has 2 amide bonds. The summed E-state index contributed by atoms with van der Waals surface area (Å²) in [7, 11) is 2.99. The van der Waals surface area contributed by atoms with Crippen molar-refractivity contribution in [2.75, 3.05) is 26.1 Å². The summed E-state index contributed by atoms with van der Waals surface area (Å²) in [6.07, 6.45) is 1.42. The highest BCUT2D eigenvalue weighted by molar-refractivity contribution is 5.95. The number of halogens is 1. The molecule has 0 aliphatic carbocycles. The zero-order valence-corrected chi connectivity index (χ0v) is 18.0. The van der Waals surface area contributed by atoms with Crippen molar-refractivity contribution in [1.29, 1.82) is 0 Å². The van der Waals surface area contributed by atoms with Gasteiger partial charge < -0.3 is 19.5 Å². The number of carbonyl (C=O) groups is 2. The highest BCUT2D eigenvalue weighted by Crippen LogP contribution is 2.28. The Labute approximate surface area is 190 Å². The number of anilines is 1. The largest absolute Gasteiger partial charge is 0.495 e. The number of hydrogen-bond donors (Lipinski definition) is 2. The monoisotopic (exact) mass is 451 g/mol. The molecule has 2 N–H and O–H groups in total. The fraction of sp³-hybridized carbons (Fsp3) is 0.125. The molecule has 33 heavy (non-hydrogen) atoms. The summed E-state index contributed by atoms with van der Waals surface area (Å²) in [4.78, 5) is 24.3. The van der Waals surface area contributed by atoms with Crippen LogP contribution in [-0.4, -0.2) is 38.9 Å². The van der Waals surface area contributed by atoms with Gasteiger partial charge in [0.05, 0.1) is 26.1 Å². The summed E-state index contributed by atoms with van der Waals surface area (Å²) in [5.41, 5.74) is 3.80. The Hall–Kier alpha value is -4.40. The van der Waals surface area contributed by atoms with Crippen molar-refractivity contribution < 1.29 is 28.2 Å².